The van der Waals surface area contributed by atoms with Gasteiger partial charge in [-0.1, -0.05) is 0 Å². The number of rotatable bonds is 0. The van der Waals surface area contributed by atoms with E-state index >= 15 is 0 Å². The van der Waals surface area contributed by atoms with Gasteiger partial charge in [0.05, 0.1) is 0 Å². The molecule has 0 saturated carbocycles. The molecule has 16 heteroatoms. The first-order valence-electron chi connectivity index (χ1n) is 8.51. The maximum Gasteiger partial charge on any atom is 0.522 e. The first kappa shape index (κ1) is 36.7. The van der Waals surface area contributed by atoms with Gasteiger partial charge in [0, 0.05) is 0 Å². The summed E-state index contributed by atoms with van der Waals surface area (Å²) in [6.45, 7) is 9.32. The first-order chi connectivity index (χ1) is 14.6. The molecule has 2 rings (SSSR count). The van der Waals surface area contributed by atoms with Crippen molar-refractivity contribution in [1.29, 1.82) is 0 Å². The Kier molecular flexibility index (Phi) is 19.6. The van der Waals surface area contributed by atoms with Crippen LogP contribution < -0.4 is 0 Å². The molecule has 0 aromatic carbocycles. The van der Waals surface area contributed by atoms with Crippen LogP contribution in [0.3, 0.4) is 0 Å². The van der Waals surface area contributed by atoms with Crippen LogP contribution in [-0.2, 0) is 37.7 Å². The summed E-state index contributed by atoms with van der Waals surface area (Å²) in [6, 6.07) is 0. The summed E-state index contributed by atoms with van der Waals surface area (Å²) in [7, 11) is -11.7. The van der Waals surface area contributed by atoms with Crippen LogP contribution >= 0.6 is 0 Å². The van der Waals surface area contributed by atoms with Crippen molar-refractivity contribution in [2.45, 2.75) is 50.8 Å². The predicted octanol–water partition coefficient (Wildman–Crippen LogP) is 4.93. The van der Waals surface area contributed by atoms with Crippen LogP contribution in [0.1, 0.15) is 26.7 Å². The fourth-order valence-corrected chi connectivity index (χ4v) is 6.87. The Morgan fingerprint density at radius 3 is 1.12 bits per heavy atom. The van der Waals surface area contributed by atoms with Gasteiger partial charge >= 0.3 is 85.6 Å². The number of alkyl halides is 6. The van der Waals surface area contributed by atoms with Crippen molar-refractivity contribution in [3.8, 4) is 0 Å². The van der Waals surface area contributed by atoms with Gasteiger partial charge in [-0.25, -0.2) is 24.3 Å². The molecule has 0 fully saturated rings. The van der Waals surface area contributed by atoms with Crippen LogP contribution in [0, 0.1) is 12.2 Å². The van der Waals surface area contributed by atoms with Crippen LogP contribution in [0.2, 0.25) is 13.1 Å². The molecule has 33 heavy (non-hydrogen) atoms. The van der Waals surface area contributed by atoms with Crippen LogP contribution in [0.5, 0.6) is 0 Å². The second kappa shape index (κ2) is 17.6. The van der Waals surface area contributed by atoms with E-state index in [0.29, 0.717) is 17.4 Å². The minimum absolute atomic E-state index is 0.154. The fourth-order valence-electron chi connectivity index (χ4n) is 1.18. The standard InChI is InChI=1S/2C5H5.C3H6.C2H6Si.2CHF3O3S.Ti/c2*1-2-4-5-3-1;2*1-3-2;2*2-1(3,4)8(5,6)7;/h2*1-3H,4H2;2*1-2H3;2*(H,5,6,7);/q2*-1;;;;;. The topological polar surface area (TPSA) is 109 Å². The molecular formula is C17H24F6O6S2SiTi-2. The second-order valence-electron chi connectivity index (χ2n) is 5.97. The van der Waals surface area contributed by atoms with Crippen molar-refractivity contribution < 1.29 is 69.7 Å². The van der Waals surface area contributed by atoms with Gasteiger partial charge in [0.15, 0.2) is 0 Å². The maximum atomic E-state index is 10.7. The SMILES string of the molecule is C[C](C)=[Ti]=[Si](C)C.O=S(=O)(O)C(F)(F)F.O=S(=O)(O)C(F)(F)F.[C-]1=CC=CC1.[C-]1=CC=CC1. The third kappa shape index (κ3) is 27.3. The third-order valence-corrected chi connectivity index (χ3v) is 9.11. The molecule has 0 unspecified atom stereocenters. The molecule has 6 nitrogen and oxygen atoms in total. The van der Waals surface area contributed by atoms with E-state index in [0.717, 1.165) is 12.8 Å². The third-order valence-electron chi connectivity index (χ3n) is 2.26. The molecule has 192 valence electrons. The fraction of sp³-hybridized carbons (Fsp3) is 0.471. The van der Waals surface area contributed by atoms with E-state index < -0.39 is 31.3 Å². The summed E-state index contributed by atoms with van der Waals surface area (Å²) in [6.07, 6.45) is 20.2. The molecule has 0 heterocycles. The van der Waals surface area contributed by atoms with E-state index in [9.17, 15) is 26.3 Å². The zero-order valence-corrected chi connectivity index (χ0v) is 22.2. The summed E-state index contributed by atoms with van der Waals surface area (Å²) in [5, 5.41) is 0. The van der Waals surface area contributed by atoms with E-state index in [1.165, 1.54) is 0 Å². The molecule has 0 bridgehead atoms. The first-order valence-corrected chi connectivity index (χ1v) is 17.0. The largest absolute Gasteiger partial charge is 0.522 e. The number of halogens is 6. The van der Waals surface area contributed by atoms with Crippen molar-refractivity contribution >= 4 is 30.2 Å². The molecule has 0 radical (unpaired) electrons. The van der Waals surface area contributed by atoms with Crippen LogP contribution in [-0.4, -0.2) is 47.0 Å². The van der Waals surface area contributed by atoms with E-state index in [-0.39, 0.29) is 6.19 Å². The average Bonchev–Trinajstić information content (AvgIpc) is 3.30. The van der Waals surface area contributed by atoms with Gasteiger partial charge in [-0.15, -0.1) is 12.8 Å². The van der Waals surface area contributed by atoms with Gasteiger partial charge in [0.25, 0.3) is 0 Å². The molecule has 2 N–H and O–H groups in total. The van der Waals surface area contributed by atoms with Crippen LogP contribution in [0.4, 0.5) is 26.3 Å². The Labute approximate surface area is 198 Å². The molecule has 0 spiro atoms. The predicted molar refractivity (Wildman–Crippen MR) is 112 cm³/mol. The Balaban J connectivity index is -0.000000344. The average molecular weight is 578 g/mol. The van der Waals surface area contributed by atoms with Gasteiger partial charge in [0.1, 0.15) is 0 Å². The van der Waals surface area contributed by atoms with Crippen LogP contribution in [0.15, 0.2) is 36.5 Å². The molecule has 0 saturated heterocycles. The molecule has 0 aromatic rings. The van der Waals surface area contributed by atoms with Crippen molar-refractivity contribution in [3.63, 3.8) is 0 Å². The molecular weight excluding hydrogens is 554 g/mol. The normalized spacial score (nSPS) is 13.7. The number of hydrogen-bond donors (Lipinski definition) is 2. The van der Waals surface area contributed by atoms with Crippen molar-refractivity contribution in [1.82, 2.24) is 0 Å². The number of hydrogen-bond acceptors (Lipinski definition) is 4. The Morgan fingerprint density at radius 2 is 1.09 bits per heavy atom. The van der Waals surface area contributed by atoms with E-state index in [4.69, 9.17) is 25.9 Å². The molecule has 0 aromatic heterocycles. The number of allylic oxidation sites excluding steroid dienone is 8. The minimum Gasteiger partial charge on any atom is -0.279 e. The van der Waals surface area contributed by atoms with E-state index in [2.05, 4.69) is 51.2 Å². The summed E-state index contributed by atoms with van der Waals surface area (Å²) >= 11 is 0.407. The van der Waals surface area contributed by atoms with Crippen molar-refractivity contribution in [2.75, 3.05) is 0 Å². The zero-order chi connectivity index (χ0) is 26.9. The van der Waals surface area contributed by atoms with Gasteiger partial charge in [-0.3, -0.25) is 21.3 Å². The summed E-state index contributed by atoms with van der Waals surface area (Å²) < 4.78 is 117. The monoisotopic (exact) mass is 578 g/mol. The smallest absolute Gasteiger partial charge is 0.279 e. The molecule has 2 aliphatic carbocycles. The molecule has 0 atom stereocenters. The van der Waals surface area contributed by atoms with Gasteiger partial charge in [-0.05, 0) is 0 Å². The summed E-state index contributed by atoms with van der Waals surface area (Å²) in [5.74, 6) is 0. The zero-order valence-electron chi connectivity index (χ0n) is 18.0. The molecule has 2 aliphatic rings. The second-order valence-corrected chi connectivity index (χ2v) is 18.5. The maximum absolute atomic E-state index is 10.7. The quantitative estimate of drug-likeness (QED) is 0.139. The Morgan fingerprint density at radius 1 is 0.818 bits per heavy atom. The Hall–Kier alpha value is -0.839. The van der Waals surface area contributed by atoms with Gasteiger partial charge < -0.3 is 0 Å². The van der Waals surface area contributed by atoms with Crippen molar-refractivity contribution in [3.05, 3.63) is 48.6 Å². The molecule has 0 aliphatic heterocycles. The minimum atomic E-state index is -5.84. The van der Waals surface area contributed by atoms with Gasteiger partial charge in [0.2, 0.25) is 0 Å². The summed E-state index contributed by atoms with van der Waals surface area (Å²) in [5.41, 5.74) is -11.1. The van der Waals surface area contributed by atoms with E-state index in [1.807, 2.05) is 24.3 Å². The van der Waals surface area contributed by atoms with Crippen LogP contribution in [0.25, 0.3) is 0 Å². The van der Waals surface area contributed by atoms with E-state index in [1.54, 1.807) is 3.81 Å². The van der Waals surface area contributed by atoms with Gasteiger partial charge in [-0.2, -0.15) is 55.3 Å². The Bertz CT molecular complexity index is 868. The summed E-state index contributed by atoms with van der Waals surface area (Å²) in [4.78, 5) is 0. The molecule has 0 amide bonds. The van der Waals surface area contributed by atoms with Crippen molar-refractivity contribution in [2.24, 2.45) is 0 Å².